The highest BCUT2D eigenvalue weighted by molar-refractivity contribution is 5.51. The molecule has 0 N–H and O–H groups in total. The second kappa shape index (κ2) is 9.20. The van der Waals surface area contributed by atoms with E-state index in [9.17, 15) is 4.79 Å². The van der Waals surface area contributed by atoms with Gasteiger partial charge in [0.05, 0.1) is 0 Å². The topological polar surface area (TPSA) is 20.3 Å². The van der Waals surface area contributed by atoms with Crippen LogP contribution in [0.25, 0.3) is 0 Å². The molecule has 0 saturated carbocycles. The van der Waals surface area contributed by atoms with Crippen LogP contribution in [0.4, 0.5) is 0 Å². The van der Waals surface area contributed by atoms with Gasteiger partial charge in [-0.25, -0.2) is 0 Å². The van der Waals surface area contributed by atoms with Crippen molar-refractivity contribution in [1.82, 2.24) is 4.90 Å². The van der Waals surface area contributed by atoms with Gasteiger partial charge in [0.1, 0.15) is 0 Å². The number of carbonyl (C=O) groups excluding carboxylic acids is 1. The van der Waals surface area contributed by atoms with Crippen molar-refractivity contribution in [1.29, 1.82) is 0 Å². The Balaban J connectivity index is 3.86. The van der Waals surface area contributed by atoms with Crippen LogP contribution in [0.5, 0.6) is 0 Å². The monoisotopic (exact) mass is 198 g/mol. The molecule has 83 valence electrons. The summed E-state index contributed by atoms with van der Waals surface area (Å²) in [5, 5.41) is 0. The summed E-state index contributed by atoms with van der Waals surface area (Å²) in [6.45, 7) is 8.78. The second-order valence-electron chi connectivity index (χ2n) is 3.94. The predicted molar refractivity (Wildman–Crippen MR) is 61.2 cm³/mol. The quantitative estimate of drug-likeness (QED) is 0.568. The van der Waals surface area contributed by atoms with E-state index < -0.39 is 0 Å². The van der Waals surface area contributed by atoms with E-state index in [2.05, 4.69) is 25.7 Å². The maximum atomic E-state index is 10.3. The van der Waals surface area contributed by atoms with E-state index in [-0.39, 0.29) is 0 Å². The van der Waals surface area contributed by atoms with E-state index in [4.69, 9.17) is 0 Å². The molecule has 0 fully saturated rings. The summed E-state index contributed by atoms with van der Waals surface area (Å²) in [5.74, 6) is 0. The molecule has 2 nitrogen and oxygen atoms in total. The minimum atomic E-state index is 0.366. The molecule has 14 heavy (non-hydrogen) atoms. The van der Waals surface area contributed by atoms with Crippen molar-refractivity contribution in [3.63, 3.8) is 0 Å². The van der Waals surface area contributed by atoms with Crippen LogP contribution in [0.1, 0.15) is 52.9 Å². The SMILES string of the molecule is CCCCN(CCCC)C(C)C[C]=O. The first-order valence-corrected chi connectivity index (χ1v) is 5.85. The van der Waals surface area contributed by atoms with Gasteiger partial charge in [-0.3, -0.25) is 4.79 Å². The van der Waals surface area contributed by atoms with Gasteiger partial charge in [0.25, 0.3) is 0 Å². The lowest BCUT2D eigenvalue weighted by molar-refractivity contribution is 0.206. The molecule has 1 atom stereocenters. The molecule has 1 unspecified atom stereocenters. The number of rotatable bonds is 9. The largest absolute Gasteiger partial charge is 0.300 e. The fourth-order valence-electron chi connectivity index (χ4n) is 1.52. The Bertz CT molecular complexity index is 128. The molecule has 0 aliphatic rings. The summed E-state index contributed by atoms with van der Waals surface area (Å²) in [7, 11) is 0. The molecule has 0 rings (SSSR count). The van der Waals surface area contributed by atoms with Crippen molar-refractivity contribution < 1.29 is 4.79 Å². The van der Waals surface area contributed by atoms with Gasteiger partial charge in [0, 0.05) is 12.5 Å². The lowest BCUT2D eigenvalue weighted by Gasteiger charge is -2.27. The van der Waals surface area contributed by atoms with E-state index >= 15 is 0 Å². The van der Waals surface area contributed by atoms with Crippen LogP contribution in [-0.2, 0) is 4.79 Å². The van der Waals surface area contributed by atoms with Crippen molar-refractivity contribution in [2.24, 2.45) is 0 Å². The van der Waals surface area contributed by atoms with Gasteiger partial charge in [-0.15, -0.1) is 0 Å². The molecule has 0 amide bonds. The molecular formula is C12H24NO. The van der Waals surface area contributed by atoms with Gasteiger partial charge in [-0.2, -0.15) is 0 Å². The van der Waals surface area contributed by atoms with Crippen molar-refractivity contribution in [3.8, 4) is 0 Å². The third kappa shape index (κ3) is 6.14. The summed E-state index contributed by atoms with van der Waals surface area (Å²) in [4.78, 5) is 12.7. The number of hydrogen-bond acceptors (Lipinski definition) is 2. The molecule has 0 aliphatic carbocycles. The van der Waals surface area contributed by atoms with Gasteiger partial charge < -0.3 is 4.90 Å². The molecule has 0 spiro atoms. The Kier molecular flexibility index (Phi) is 8.95. The molecular weight excluding hydrogens is 174 g/mol. The van der Waals surface area contributed by atoms with Crippen LogP contribution in [-0.4, -0.2) is 30.3 Å². The smallest absolute Gasteiger partial charge is 0.199 e. The Morgan fingerprint density at radius 1 is 1.14 bits per heavy atom. The molecule has 2 heteroatoms. The van der Waals surface area contributed by atoms with E-state index in [0.29, 0.717) is 12.5 Å². The Morgan fingerprint density at radius 3 is 2.00 bits per heavy atom. The summed E-state index contributed by atoms with van der Waals surface area (Å²) in [5.41, 5.74) is 0. The number of hydrogen-bond donors (Lipinski definition) is 0. The highest BCUT2D eigenvalue weighted by Gasteiger charge is 2.11. The summed E-state index contributed by atoms with van der Waals surface area (Å²) >= 11 is 0. The highest BCUT2D eigenvalue weighted by Crippen LogP contribution is 2.06. The summed E-state index contributed by atoms with van der Waals surface area (Å²) < 4.78 is 0. The first-order chi connectivity index (χ1) is 6.76. The van der Waals surface area contributed by atoms with Crippen molar-refractivity contribution in [2.75, 3.05) is 13.1 Å². The lowest BCUT2D eigenvalue weighted by Crippen LogP contribution is -2.35. The molecule has 0 heterocycles. The van der Waals surface area contributed by atoms with Gasteiger partial charge in [-0.05, 0) is 32.9 Å². The second-order valence-corrected chi connectivity index (χ2v) is 3.94. The standard InChI is InChI=1S/C12H24NO/c1-4-6-9-13(10-7-5-2)12(3)8-11-14/h12H,4-10H2,1-3H3. The van der Waals surface area contributed by atoms with Crippen molar-refractivity contribution in [2.45, 2.75) is 58.9 Å². The van der Waals surface area contributed by atoms with Gasteiger partial charge in [0.2, 0.25) is 0 Å². The predicted octanol–water partition coefficient (Wildman–Crippen LogP) is 2.78. The maximum absolute atomic E-state index is 10.3. The van der Waals surface area contributed by atoms with Gasteiger partial charge >= 0.3 is 0 Å². The Hall–Kier alpha value is -0.370. The summed E-state index contributed by atoms with van der Waals surface area (Å²) in [6, 6.07) is 0.366. The first kappa shape index (κ1) is 13.6. The molecule has 0 aromatic heterocycles. The maximum Gasteiger partial charge on any atom is 0.199 e. The molecule has 0 aromatic carbocycles. The third-order valence-electron chi connectivity index (χ3n) is 2.60. The number of unbranched alkanes of at least 4 members (excludes halogenated alkanes) is 2. The highest BCUT2D eigenvalue weighted by atomic mass is 16.1. The van der Waals surface area contributed by atoms with Crippen LogP contribution >= 0.6 is 0 Å². The van der Waals surface area contributed by atoms with Crippen LogP contribution < -0.4 is 0 Å². The van der Waals surface area contributed by atoms with Crippen LogP contribution in [0.3, 0.4) is 0 Å². The van der Waals surface area contributed by atoms with E-state index in [0.717, 1.165) is 13.1 Å². The average molecular weight is 198 g/mol. The molecule has 1 radical (unpaired) electrons. The van der Waals surface area contributed by atoms with Gasteiger partial charge in [-0.1, -0.05) is 26.7 Å². The first-order valence-electron chi connectivity index (χ1n) is 5.85. The van der Waals surface area contributed by atoms with Crippen molar-refractivity contribution >= 4 is 6.29 Å². The zero-order valence-corrected chi connectivity index (χ0v) is 9.88. The van der Waals surface area contributed by atoms with E-state index in [1.54, 1.807) is 0 Å². The molecule has 0 saturated heterocycles. The average Bonchev–Trinajstić information content (AvgIpc) is 2.18. The molecule has 0 aromatic rings. The minimum absolute atomic E-state index is 0.366. The zero-order chi connectivity index (χ0) is 10.8. The minimum Gasteiger partial charge on any atom is -0.300 e. The summed E-state index contributed by atoms with van der Waals surface area (Å²) in [6.07, 6.45) is 7.46. The molecule has 0 bridgehead atoms. The lowest BCUT2D eigenvalue weighted by atomic mass is 10.1. The normalized spacial score (nSPS) is 13.1. The van der Waals surface area contributed by atoms with E-state index in [1.165, 1.54) is 25.7 Å². The zero-order valence-electron chi connectivity index (χ0n) is 9.88. The van der Waals surface area contributed by atoms with Crippen molar-refractivity contribution in [3.05, 3.63) is 0 Å². The third-order valence-corrected chi connectivity index (χ3v) is 2.60. The van der Waals surface area contributed by atoms with E-state index in [1.807, 2.05) is 6.29 Å². The fraction of sp³-hybridized carbons (Fsp3) is 0.917. The van der Waals surface area contributed by atoms with Gasteiger partial charge in [0.15, 0.2) is 6.29 Å². The van der Waals surface area contributed by atoms with Crippen LogP contribution in [0.2, 0.25) is 0 Å². The Morgan fingerprint density at radius 2 is 1.64 bits per heavy atom. The van der Waals surface area contributed by atoms with Crippen LogP contribution in [0, 0.1) is 0 Å². The fourth-order valence-corrected chi connectivity index (χ4v) is 1.52. The van der Waals surface area contributed by atoms with Crippen LogP contribution in [0.15, 0.2) is 0 Å². The Labute approximate surface area is 88.7 Å². The molecule has 0 aliphatic heterocycles. The number of nitrogens with zero attached hydrogens (tertiary/aromatic N) is 1.